The summed E-state index contributed by atoms with van der Waals surface area (Å²) in [6.07, 6.45) is 2.79. The smallest absolute Gasteiger partial charge is 0.333 e. The van der Waals surface area contributed by atoms with Gasteiger partial charge in [-0.05, 0) is 12.3 Å². The molecular weight excluding hydrogens is 140 g/mol. The van der Waals surface area contributed by atoms with Gasteiger partial charge in [-0.1, -0.05) is 26.8 Å². The van der Waals surface area contributed by atoms with Gasteiger partial charge in [0.25, 0.3) is 0 Å². The van der Waals surface area contributed by atoms with Gasteiger partial charge >= 0.3 is 5.97 Å². The number of allylic oxidation sites excluding steroid dienone is 1. The predicted octanol–water partition coefficient (Wildman–Crippen LogP) is 2.15. The van der Waals surface area contributed by atoms with Crippen molar-refractivity contribution in [3.63, 3.8) is 0 Å². The molecule has 0 spiro atoms. The van der Waals surface area contributed by atoms with E-state index in [-0.39, 0.29) is 11.9 Å². The van der Waals surface area contributed by atoms with Crippen LogP contribution in [-0.4, -0.2) is 13.1 Å². The summed E-state index contributed by atoms with van der Waals surface area (Å²) in [7, 11) is 1.41. The second-order valence-corrected chi connectivity index (χ2v) is 2.71. The van der Waals surface area contributed by atoms with E-state index in [9.17, 15) is 4.79 Å². The Morgan fingerprint density at radius 1 is 1.55 bits per heavy atom. The number of rotatable bonds is 3. The third-order valence-electron chi connectivity index (χ3n) is 1.47. The Balaban J connectivity index is 4.34. The lowest BCUT2D eigenvalue weighted by molar-refractivity contribution is -0.136. The fraction of sp³-hybridized carbons (Fsp3) is 0.667. The van der Waals surface area contributed by atoms with Crippen molar-refractivity contribution >= 4 is 5.97 Å². The van der Waals surface area contributed by atoms with Crippen LogP contribution in [0, 0.1) is 5.92 Å². The Kier molecular flexibility index (Phi) is 4.59. The molecule has 2 heteroatoms. The third-order valence-corrected chi connectivity index (χ3v) is 1.47. The maximum absolute atomic E-state index is 11.1. The van der Waals surface area contributed by atoms with Gasteiger partial charge in [0.05, 0.1) is 7.11 Å². The minimum atomic E-state index is -0.207. The fourth-order valence-electron chi connectivity index (χ4n) is 0.893. The van der Waals surface area contributed by atoms with Gasteiger partial charge in [0, 0.05) is 5.57 Å². The van der Waals surface area contributed by atoms with E-state index in [4.69, 9.17) is 0 Å². The summed E-state index contributed by atoms with van der Waals surface area (Å²) >= 11 is 0. The van der Waals surface area contributed by atoms with E-state index in [0.717, 1.165) is 12.0 Å². The summed E-state index contributed by atoms with van der Waals surface area (Å²) in [6, 6.07) is 0. The summed E-state index contributed by atoms with van der Waals surface area (Å²) < 4.78 is 4.62. The Bertz CT molecular complexity index is 157. The van der Waals surface area contributed by atoms with Crippen LogP contribution in [0.2, 0.25) is 0 Å². The van der Waals surface area contributed by atoms with Gasteiger partial charge in [-0.25, -0.2) is 4.79 Å². The van der Waals surface area contributed by atoms with Crippen LogP contribution < -0.4 is 0 Å². The second-order valence-electron chi connectivity index (χ2n) is 2.71. The lowest BCUT2D eigenvalue weighted by Gasteiger charge is -2.07. The molecule has 0 aliphatic heterocycles. The summed E-state index contributed by atoms with van der Waals surface area (Å²) in [4.78, 5) is 11.1. The normalized spacial score (nSPS) is 11.9. The average molecular weight is 156 g/mol. The molecule has 0 heterocycles. The Hall–Kier alpha value is -0.790. The number of hydrogen-bond acceptors (Lipinski definition) is 2. The number of carbonyl (C=O) groups excluding carboxylic acids is 1. The minimum absolute atomic E-state index is 0.207. The molecule has 0 radical (unpaired) electrons. The van der Waals surface area contributed by atoms with Crippen molar-refractivity contribution in [3.8, 4) is 0 Å². The van der Waals surface area contributed by atoms with Crippen LogP contribution in [0.4, 0.5) is 0 Å². The number of ether oxygens (including phenoxy) is 1. The van der Waals surface area contributed by atoms with E-state index in [1.54, 1.807) is 0 Å². The predicted molar refractivity (Wildman–Crippen MR) is 45.2 cm³/mol. The van der Waals surface area contributed by atoms with E-state index in [2.05, 4.69) is 4.74 Å². The molecule has 0 aliphatic carbocycles. The fourth-order valence-corrected chi connectivity index (χ4v) is 0.893. The van der Waals surface area contributed by atoms with Crippen molar-refractivity contribution in [3.05, 3.63) is 11.6 Å². The molecule has 0 rings (SSSR count). The molecule has 11 heavy (non-hydrogen) atoms. The van der Waals surface area contributed by atoms with Gasteiger partial charge in [0.15, 0.2) is 0 Å². The molecule has 0 aromatic rings. The van der Waals surface area contributed by atoms with Crippen LogP contribution >= 0.6 is 0 Å². The van der Waals surface area contributed by atoms with Gasteiger partial charge in [0.2, 0.25) is 0 Å². The summed E-state index contributed by atoms with van der Waals surface area (Å²) in [5, 5.41) is 0. The molecule has 64 valence electrons. The van der Waals surface area contributed by atoms with Crippen molar-refractivity contribution in [1.82, 2.24) is 0 Å². The highest BCUT2D eigenvalue weighted by atomic mass is 16.5. The molecule has 2 nitrogen and oxygen atoms in total. The lowest BCUT2D eigenvalue weighted by Crippen LogP contribution is -2.09. The maximum Gasteiger partial charge on any atom is 0.333 e. The molecule has 0 fully saturated rings. The molecule has 0 amide bonds. The number of hydrogen-bond donors (Lipinski definition) is 0. The molecular formula is C9H16O2. The second kappa shape index (κ2) is 4.94. The number of carbonyl (C=O) groups is 1. The zero-order valence-electron chi connectivity index (χ0n) is 7.68. The van der Waals surface area contributed by atoms with E-state index < -0.39 is 0 Å². The Morgan fingerprint density at radius 2 is 2.09 bits per heavy atom. The van der Waals surface area contributed by atoms with E-state index >= 15 is 0 Å². The van der Waals surface area contributed by atoms with Gasteiger partial charge in [-0.2, -0.15) is 0 Å². The third kappa shape index (κ3) is 3.21. The topological polar surface area (TPSA) is 26.3 Å². The van der Waals surface area contributed by atoms with Crippen LogP contribution in [0.3, 0.4) is 0 Å². The van der Waals surface area contributed by atoms with Crippen molar-refractivity contribution in [2.45, 2.75) is 27.2 Å². The van der Waals surface area contributed by atoms with E-state index in [1.807, 2.05) is 26.8 Å². The highest BCUT2D eigenvalue weighted by molar-refractivity contribution is 5.88. The molecule has 0 N–H and O–H groups in total. The highest BCUT2D eigenvalue weighted by Crippen LogP contribution is 2.11. The largest absolute Gasteiger partial charge is 0.466 e. The quantitative estimate of drug-likeness (QED) is 0.462. The Labute approximate surface area is 68.2 Å². The first-order valence-corrected chi connectivity index (χ1v) is 3.91. The molecule has 0 unspecified atom stereocenters. The number of methoxy groups -OCH3 is 1. The van der Waals surface area contributed by atoms with Gasteiger partial charge < -0.3 is 4.74 Å². The monoisotopic (exact) mass is 156 g/mol. The molecule has 0 saturated heterocycles. The van der Waals surface area contributed by atoms with E-state index in [1.165, 1.54) is 7.11 Å². The molecule has 0 aliphatic rings. The van der Waals surface area contributed by atoms with Gasteiger partial charge in [-0.3, -0.25) is 0 Å². The maximum atomic E-state index is 11.1. The van der Waals surface area contributed by atoms with Crippen LogP contribution in [0.1, 0.15) is 27.2 Å². The van der Waals surface area contributed by atoms with Crippen molar-refractivity contribution in [2.75, 3.05) is 7.11 Å². The lowest BCUT2D eigenvalue weighted by atomic mass is 10.0. The SMILES string of the molecule is CCC=C(C(=O)OC)C(C)C. The van der Waals surface area contributed by atoms with E-state index in [0.29, 0.717) is 0 Å². The van der Waals surface area contributed by atoms with Crippen molar-refractivity contribution in [2.24, 2.45) is 5.92 Å². The Morgan fingerprint density at radius 3 is 2.36 bits per heavy atom. The summed E-state index contributed by atoms with van der Waals surface area (Å²) in [5.41, 5.74) is 0.773. The molecule has 0 bridgehead atoms. The van der Waals surface area contributed by atoms with Crippen LogP contribution in [0.15, 0.2) is 11.6 Å². The standard InChI is InChI=1S/C9H16O2/c1-5-6-8(7(2)3)9(10)11-4/h6-7H,5H2,1-4H3. The van der Waals surface area contributed by atoms with Crippen LogP contribution in [-0.2, 0) is 9.53 Å². The first kappa shape index (κ1) is 10.2. The van der Waals surface area contributed by atoms with Crippen LogP contribution in [0.25, 0.3) is 0 Å². The van der Waals surface area contributed by atoms with Crippen LogP contribution in [0.5, 0.6) is 0 Å². The first-order chi connectivity index (χ1) is 5.13. The highest BCUT2D eigenvalue weighted by Gasteiger charge is 2.11. The zero-order valence-corrected chi connectivity index (χ0v) is 7.68. The van der Waals surface area contributed by atoms with Gasteiger partial charge in [-0.15, -0.1) is 0 Å². The molecule has 0 atom stereocenters. The summed E-state index contributed by atoms with van der Waals surface area (Å²) in [6.45, 7) is 5.97. The van der Waals surface area contributed by atoms with Crippen molar-refractivity contribution < 1.29 is 9.53 Å². The first-order valence-electron chi connectivity index (χ1n) is 3.91. The summed E-state index contributed by atoms with van der Waals surface area (Å²) in [5.74, 6) is 0.0456. The zero-order chi connectivity index (χ0) is 8.85. The average Bonchev–Trinajstić information content (AvgIpc) is 1.98. The number of esters is 1. The molecule has 0 aromatic heterocycles. The molecule has 0 saturated carbocycles. The van der Waals surface area contributed by atoms with Gasteiger partial charge in [0.1, 0.15) is 0 Å². The minimum Gasteiger partial charge on any atom is -0.466 e. The van der Waals surface area contributed by atoms with Crippen molar-refractivity contribution in [1.29, 1.82) is 0 Å². The molecule has 0 aromatic carbocycles.